The molecule has 58 heavy (non-hydrogen) atoms. The summed E-state index contributed by atoms with van der Waals surface area (Å²) >= 11 is 0. The van der Waals surface area contributed by atoms with Crippen molar-refractivity contribution in [1.29, 1.82) is 0 Å². The van der Waals surface area contributed by atoms with Crippen LogP contribution in [0.15, 0.2) is 200 Å². The molecule has 0 aliphatic carbocycles. The number of benzene rings is 9. The van der Waals surface area contributed by atoms with Crippen LogP contribution >= 0.6 is 0 Å². The maximum Gasteiger partial charge on any atom is 0.164 e. The van der Waals surface area contributed by atoms with Crippen LogP contribution in [0.1, 0.15) is 0 Å². The van der Waals surface area contributed by atoms with E-state index in [1.165, 1.54) is 54.4 Å². The van der Waals surface area contributed by atoms with Gasteiger partial charge in [0, 0.05) is 49.3 Å². The minimum absolute atomic E-state index is 0.632. The highest BCUT2D eigenvalue weighted by Crippen LogP contribution is 2.41. The minimum Gasteiger partial charge on any atom is -0.309 e. The van der Waals surface area contributed by atoms with Crippen molar-refractivity contribution in [2.24, 2.45) is 0 Å². The van der Waals surface area contributed by atoms with Crippen LogP contribution in [0.3, 0.4) is 0 Å². The molecule has 0 saturated heterocycles. The van der Waals surface area contributed by atoms with Gasteiger partial charge in [0.25, 0.3) is 0 Å². The maximum atomic E-state index is 5.08. The summed E-state index contributed by atoms with van der Waals surface area (Å²) in [5.74, 6) is 1.92. The molecule has 0 bridgehead atoms. The number of nitrogens with zero attached hydrogens (tertiary/aromatic N) is 5. The molecule has 0 radical (unpaired) electrons. The molecule has 3 aromatic heterocycles. The number of fused-ring (bicyclic) bond motifs is 8. The molecule has 0 fully saturated rings. The first kappa shape index (κ1) is 32.4. The van der Waals surface area contributed by atoms with E-state index < -0.39 is 0 Å². The normalized spacial score (nSPS) is 11.8. The molecule has 0 saturated carbocycles. The molecule has 0 unspecified atom stereocenters. The fourth-order valence-electron chi connectivity index (χ4n) is 8.81. The molecule has 5 nitrogen and oxygen atoms in total. The molecule has 0 N–H and O–H groups in total. The molecule has 0 spiro atoms. The van der Waals surface area contributed by atoms with E-state index in [1.54, 1.807) is 0 Å². The average Bonchev–Trinajstić information content (AvgIpc) is 3.80. The van der Waals surface area contributed by atoms with Gasteiger partial charge in [-0.1, -0.05) is 140 Å². The Balaban J connectivity index is 1.05. The van der Waals surface area contributed by atoms with E-state index in [4.69, 9.17) is 15.0 Å². The van der Waals surface area contributed by atoms with Crippen LogP contribution in [-0.4, -0.2) is 24.1 Å². The Bertz CT molecular complexity index is 3560. The summed E-state index contributed by atoms with van der Waals surface area (Å²) < 4.78 is 4.83. The standard InChI is InChI=1S/C53H33N5/c1-2-15-36(16-3-1)51-54-52(56-53(55-51)39-26-25-34-13-4-5-17-38(34)31-39)37-27-29-40(30-28-37)57-47-22-10-8-20-42(47)44-32-45-43-21-9-11-23-48(43)58(50(45)33-49(44)57)46-24-12-18-35-14-6-7-19-41(35)46/h1-33H. The highest BCUT2D eigenvalue weighted by atomic mass is 15.0. The van der Waals surface area contributed by atoms with Crippen molar-refractivity contribution < 1.29 is 0 Å². The second kappa shape index (κ2) is 12.8. The van der Waals surface area contributed by atoms with E-state index >= 15 is 0 Å². The molecule has 0 aliphatic heterocycles. The Morgan fingerprint density at radius 2 is 0.793 bits per heavy atom. The van der Waals surface area contributed by atoms with Gasteiger partial charge in [-0.3, -0.25) is 0 Å². The van der Waals surface area contributed by atoms with Gasteiger partial charge in [-0.05, 0) is 76.8 Å². The zero-order valence-electron chi connectivity index (χ0n) is 31.3. The zero-order valence-corrected chi connectivity index (χ0v) is 31.3. The molecule has 12 aromatic rings. The molecule has 9 aromatic carbocycles. The van der Waals surface area contributed by atoms with Crippen molar-refractivity contribution >= 4 is 65.2 Å². The number of hydrogen-bond donors (Lipinski definition) is 0. The highest BCUT2D eigenvalue weighted by Gasteiger charge is 2.20. The lowest BCUT2D eigenvalue weighted by Crippen LogP contribution is -2.00. The first-order valence-electron chi connectivity index (χ1n) is 19.6. The fraction of sp³-hybridized carbons (Fsp3) is 0. The summed E-state index contributed by atoms with van der Waals surface area (Å²) in [6, 6.07) is 71.1. The summed E-state index contributed by atoms with van der Waals surface area (Å²) in [4.78, 5) is 15.1. The van der Waals surface area contributed by atoms with E-state index in [-0.39, 0.29) is 0 Å². The minimum atomic E-state index is 0.632. The van der Waals surface area contributed by atoms with Gasteiger partial charge in [0.05, 0.1) is 27.8 Å². The van der Waals surface area contributed by atoms with Gasteiger partial charge in [0.2, 0.25) is 0 Å². The third kappa shape index (κ3) is 5.07. The van der Waals surface area contributed by atoms with E-state index in [0.29, 0.717) is 17.5 Å². The molecule has 3 heterocycles. The highest BCUT2D eigenvalue weighted by molar-refractivity contribution is 6.19. The summed E-state index contributed by atoms with van der Waals surface area (Å²) in [7, 11) is 0. The Morgan fingerprint density at radius 3 is 1.52 bits per heavy atom. The number of hydrogen-bond acceptors (Lipinski definition) is 3. The number of aromatic nitrogens is 5. The lowest BCUT2D eigenvalue weighted by atomic mass is 10.1. The lowest BCUT2D eigenvalue weighted by molar-refractivity contribution is 1.07. The van der Waals surface area contributed by atoms with Gasteiger partial charge in [-0.2, -0.15) is 0 Å². The first-order valence-corrected chi connectivity index (χ1v) is 19.6. The zero-order chi connectivity index (χ0) is 38.2. The van der Waals surface area contributed by atoms with Crippen molar-refractivity contribution in [2.75, 3.05) is 0 Å². The van der Waals surface area contributed by atoms with Crippen LogP contribution in [0, 0.1) is 0 Å². The monoisotopic (exact) mass is 739 g/mol. The summed E-state index contributed by atoms with van der Waals surface area (Å²) in [6.45, 7) is 0. The Labute approximate surface area is 333 Å². The van der Waals surface area contributed by atoms with Crippen molar-refractivity contribution in [3.05, 3.63) is 200 Å². The molecule has 270 valence electrons. The van der Waals surface area contributed by atoms with Gasteiger partial charge in [-0.25, -0.2) is 15.0 Å². The second-order valence-corrected chi connectivity index (χ2v) is 14.9. The molecule has 12 rings (SSSR count). The summed E-state index contributed by atoms with van der Waals surface area (Å²) in [5, 5.41) is 9.69. The van der Waals surface area contributed by atoms with Crippen LogP contribution in [0.25, 0.3) is 111 Å². The van der Waals surface area contributed by atoms with E-state index in [1.807, 2.05) is 30.3 Å². The van der Waals surface area contributed by atoms with Gasteiger partial charge in [-0.15, -0.1) is 0 Å². The van der Waals surface area contributed by atoms with Crippen LogP contribution in [0.4, 0.5) is 0 Å². The second-order valence-electron chi connectivity index (χ2n) is 14.9. The van der Waals surface area contributed by atoms with Gasteiger partial charge < -0.3 is 9.13 Å². The Hall–Kier alpha value is -7.89. The van der Waals surface area contributed by atoms with Crippen LogP contribution in [-0.2, 0) is 0 Å². The van der Waals surface area contributed by atoms with Crippen LogP contribution < -0.4 is 0 Å². The number of para-hydroxylation sites is 2. The SMILES string of the molecule is c1ccc(-c2nc(-c3ccc(-n4c5ccccc5c5cc6c7ccccc7n(-c7cccc8ccccc78)c6cc54)cc3)nc(-c3ccc4ccccc4c3)n2)cc1. The number of rotatable bonds is 5. The van der Waals surface area contributed by atoms with E-state index in [9.17, 15) is 0 Å². The van der Waals surface area contributed by atoms with Crippen molar-refractivity contribution in [1.82, 2.24) is 24.1 Å². The smallest absolute Gasteiger partial charge is 0.164 e. The quantitative estimate of drug-likeness (QED) is 0.177. The molecule has 0 amide bonds. The molecule has 0 aliphatic rings. The third-order valence-electron chi connectivity index (χ3n) is 11.5. The van der Waals surface area contributed by atoms with Crippen LogP contribution in [0.5, 0.6) is 0 Å². The molecular formula is C53H33N5. The van der Waals surface area contributed by atoms with Gasteiger partial charge >= 0.3 is 0 Å². The van der Waals surface area contributed by atoms with E-state index in [0.717, 1.165) is 38.8 Å². The van der Waals surface area contributed by atoms with Crippen LogP contribution in [0.2, 0.25) is 0 Å². The lowest BCUT2D eigenvalue weighted by Gasteiger charge is -2.13. The Morgan fingerprint density at radius 1 is 0.276 bits per heavy atom. The first-order chi connectivity index (χ1) is 28.7. The molecular weight excluding hydrogens is 707 g/mol. The Kier molecular flexibility index (Phi) is 7.16. The summed E-state index contributed by atoms with van der Waals surface area (Å²) in [6.07, 6.45) is 0. The predicted octanol–water partition coefficient (Wildman–Crippen LogP) is 13.4. The van der Waals surface area contributed by atoms with Crippen molar-refractivity contribution in [2.45, 2.75) is 0 Å². The maximum absolute atomic E-state index is 5.08. The predicted molar refractivity (Wildman–Crippen MR) is 240 cm³/mol. The van der Waals surface area contributed by atoms with Gasteiger partial charge in [0.1, 0.15) is 0 Å². The molecule has 5 heteroatoms. The topological polar surface area (TPSA) is 48.5 Å². The van der Waals surface area contributed by atoms with E-state index in [2.05, 4.69) is 179 Å². The average molecular weight is 740 g/mol. The van der Waals surface area contributed by atoms with Crippen molar-refractivity contribution in [3.8, 4) is 45.5 Å². The molecule has 0 atom stereocenters. The fourth-order valence-corrected chi connectivity index (χ4v) is 8.81. The third-order valence-corrected chi connectivity index (χ3v) is 11.5. The summed E-state index contributed by atoms with van der Waals surface area (Å²) in [5.41, 5.74) is 9.73. The van der Waals surface area contributed by atoms with Gasteiger partial charge in [0.15, 0.2) is 17.5 Å². The van der Waals surface area contributed by atoms with Crippen molar-refractivity contribution in [3.63, 3.8) is 0 Å². The largest absolute Gasteiger partial charge is 0.309 e.